The minimum atomic E-state index is -0.561. The summed E-state index contributed by atoms with van der Waals surface area (Å²) in [6.45, 7) is 5.09. The van der Waals surface area contributed by atoms with E-state index in [1.165, 1.54) is 4.57 Å². The Kier molecular flexibility index (Phi) is 5.35. The number of carbonyl (C=O) groups is 1. The molecule has 0 unspecified atom stereocenters. The summed E-state index contributed by atoms with van der Waals surface area (Å²) in [6, 6.07) is 0. The maximum atomic E-state index is 12.6. The third kappa shape index (κ3) is 2.95. The first kappa shape index (κ1) is 17.4. The van der Waals surface area contributed by atoms with Crippen LogP contribution in [0.3, 0.4) is 0 Å². The van der Waals surface area contributed by atoms with Gasteiger partial charge < -0.3 is 4.74 Å². The van der Waals surface area contributed by atoms with Crippen molar-refractivity contribution in [3.63, 3.8) is 0 Å². The van der Waals surface area contributed by atoms with E-state index >= 15 is 0 Å². The monoisotopic (exact) mass is 342 g/mol. The Balaban J connectivity index is 2.83. The number of thiophene rings is 1. The summed E-state index contributed by atoms with van der Waals surface area (Å²) in [5.41, 5.74) is -0.395. The van der Waals surface area contributed by atoms with Gasteiger partial charge >= 0.3 is 11.7 Å². The second-order valence-corrected chi connectivity index (χ2v) is 5.98. The molecule has 6 nitrogen and oxygen atoms in total. The highest BCUT2D eigenvalue weighted by molar-refractivity contribution is 7.20. The van der Waals surface area contributed by atoms with E-state index in [4.69, 9.17) is 4.74 Å². The predicted octanol–water partition coefficient (Wildman–Crippen LogP) is 2.09. The second kappa shape index (κ2) is 7.08. The van der Waals surface area contributed by atoms with Crippen molar-refractivity contribution in [2.75, 3.05) is 13.3 Å². The maximum Gasteiger partial charge on any atom is 0.348 e. The van der Waals surface area contributed by atoms with Gasteiger partial charge in [0.2, 0.25) is 0 Å². The summed E-state index contributed by atoms with van der Waals surface area (Å²) in [5.74, 6) is -0.516. The molecule has 8 heteroatoms. The van der Waals surface area contributed by atoms with E-state index in [9.17, 15) is 18.8 Å². The number of ether oxygens (including phenoxy) is 1. The Labute approximate surface area is 136 Å². The molecule has 0 atom stereocenters. The van der Waals surface area contributed by atoms with Crippen LogP contribution in [0.15, 0.2) is 9.59 Å². The fraction of sp³-hybridized carbons (Fsp3) is 0.533. The molecule has 0 bridgehead atoms. The van der Waals surface area contributed by atoms with Gasteiger partial charge in [0.15, 0.2) is 0 Å². The standard InChI is InChI=1S/C15H19FN2O4S/c1-4-17-12(19)10-9(3)11(14(20)22-5-2)23-13(10)18(15(17)21)8-6-7-16/h4-8H2,1-3H3. The smallest absolute Gasteiger partial charge is 0.348 e. The molecule has 0 aliphatic carbocycles. The number of rotatable bonds is 6. The van der Waals surface area contributed by atoms with E-state index in [1.54, 1.807) is 20.8 Å². The summed E-state index contributed by atoms with van der Waals surface area (Å²) in [5, 5.41) is 0.332. The van der Waals surface area contributed by atoms with E-state index in [2.05, 4.69) is 0 Å². The summed E-state index contributed by atoms with van der Waals surface area (Å²) in [6.07, 6.45) is 0.169. The van der Waals surface area contributed by atoms with Crippen molar-refractivity contribution in [2.45, 2.75) is 40.3 Å². The molecule has 0 spiro atoms. The van der Waals surface area contributed by atoms with Gasteiger partial charge in [-0.15, -0.1) is 11.3 Å². The fourth-order valence-electron chi connectivity index (χ4n) is 2.48. The molecule has 0 N–H and O–H groups in total. The van der Waals surface area contributed by atoms with Gasteiger partial charge in [0.25, 0.3) is 5.56 Å². The molecule has 2 aromatic rings. The van der Waals surface area contributed by atoms with Crippen LogP contribution in [0.25, 0.3) is 10.2 Å². The normalized spacial score (nSPS) is 11.1. The van der Waals surface area contributed by atoms with Gasteiger partial charge in [-0.25, -0.2) is 9.59 Å². The van der Waals surface area contributed by atoms with Crippen molar-refractivity contribution in [3.8, 4) is 0 Å². The van der Waals surface area contributed by atoms with E-state index in [0.717, 1.165) is 15.9 Å². The molecule has 0 aliphatic rings. The first-order chi connectivity index (χ1) is 11.0. The number of alkyl halides is 1. The summed E-state index contributed by atoms with van der Waals surface area (Å²) in [7, 11) is 0. The zero-order valence-corrected chi connectivity index (χ0v) is 14.2. The van der Waals surface area contributed by atoms with Crippen LogP contribution in [-0.2, 0) is 17.8 Å². The molecule has 23 heavy (non-hydrogen) atoms. The van der Waals surface area contributed by atoms with Gasteiger partial charge in [-0.2, -0.15) is 0 Å². The van der Waals surface area contributed by atoms with Crippen molar-refractivity contribution in [3.05, 3.63) is 31.3 Å². The van der Waals surface area contributed by atoms with Crippen LogP contribution in [0.1, 0.15) is 35.5 Å². The fourth-order valence-corrected chi connectivity index (χ4v) is 3.69. The number of hydrogen-bond donors (Lipinski definition) is 0. The van der Waals surface area contributed by atoms with Gasteiger partial charge in [-0.3, -0.25) is 18.3 Å². The zero-order valence-electron chi connectivity index (χ0n) is 13.3. The quantitative estimate of drug-likeness (QED) is 0.754. The van der Waals surface area contributed by atoms with Crippen LogP contribution < -0.4 is 11.2 Å². The first-order valence-electron chi connectivity index (χ1n) is 7.47. The number of aryl methyl sites for hydroxylation is 2. The highest BCUT2D eigenvalue weighted by Crippen LogP contribution is 2.28. The molecular formula is C15H19FN2O4S. The lowest BCUT2D eigenvalue weighted by Crippen LogP contribution is -2.39. The predicted molar refractivity (Wildman–Crippen MR) is 87.3 cm³/mol. The minimum Gasteiger partial charge on any atom is -0.462 e. The SMILES string of the molecule is CCOC(=O)c1sc2c(c1C)c(=O)n(CC)c(=O)n2CCCF. The number of nitrogens with zero attached hydrogens (tertiary/aromatic N) is 2. The Morgan fingerprint density at radius 3 is 2.52 bits per heavy atom. The zero-order chi connectivity index (χ0) is 17.1. The number of aromatic nitrogens is 2. The lowest BCUT2D eigenvalue weighted by atomic mass is 10.2. The Bertz CT molecular complexity index is 850. The molecule has 0 aliphatic heterocycles. The summed E-state index contributed by atoms with van der Waals surface area (Å²) in [4.78, 5) is 37.8. The van der Waals surface area contributed by atoms with Crippen LogP contribution >= 0.6 is 11.3 Å². The van der Waals surface area contributed by atoms with E-state index in [0.29, 0.717) is 20.7 Å². The highest BCUT2D eigenvalue weighted by atomic mass is 32.1. The largest absolute Gasteiger partial charge is 0.462 e. The average molecular weight is 342 g/mol. The lowest BCUT2D eigenvalue weighted by Gasteiger charge is -2.09. The van der Waals surface area contributed by atoms with Crippen LogP contribution in [0, 0.1) is 6.92 Å². The number of fused-ring (bicyclic) bond motifs is 1. The molecule has 126 valence electrons. The average Bonchev–Trinajstić information content (AvgIpc) is 2.86. The first-order valence-corrected chi connectivity index (χ1v) is 8.29. The van der Waals surface area contributed by atoms with Crippen LogP contribution in [0.2, 0.25) is 0 Å². The number of carbonyl (C=O) groups excluding carboxylic acids is 1. The van der Waals surface area contributed by atoms with Gasteiger partial charge in [0.05, 0.1) is 18.7 Å². The molecule has 0 fully saturated rings. The van der Waals surface area contributed by atoms with E-state index < -0.39 is 23.9 Å². The molecule has 2 heterocycles. The van der Waals surface area contributed by atoms with Gasteiger partial charge in [-0.1, -0.05) is 0 Å². The number of hydrogen-bond acceptors (Lipinski definition) is 5. The van der Waals surface area contributed by atoms with Crippen molar-refractivity contribution in [1.82, 2.24) is 9.13 Å². The maximum absolute atomic E-state index is 12.6. The van der Waals surface area contributed by atoms with E-state index in [-0.39, 0.29) is 26.1 Å². The van der Waals surface area contributed by atoms with Crippen molar-refractivity contribution in [1.29, 1.82) is 0 Å². The van der Waals surface area contributed by atoms with E-state index in [1.807, 2.05) is 0 Å². The molecule has 0 radical (unpaired) electrons. The molecular weight excluding hydrogens is 323 g/mol. The van der Waals surface area contributed by atoms with Crippen molar-refractivity contribution >= 4 is 27.5 Å². The molecule has 0 saturated heterocycles. The molecule has 2 rings (SSSR count). The minimum absolute atomic E-state index is 0.161. The van der Waals surface area contributed by atoms with Gasteiger partial charge in [0.1, 0.15) is 9.71 Å². The summed E-state index contributed by atoms with van der Waals surface area (Å²) >= 11 is 1.05. The van der Waals surface area contributed by atoms with Crippen molar-refractivity contribution in [2.24, 2.45) is 0 Å². The lowest BCUT2D eigenvalue weighted by molar-refractivity contribution is 0.0531. The van der Waals surface area contributed by atoms with Gasteiger partial charge in [0, 0.05) is 13.1 Å². The number of esters is 1. The third-order valence-corrected chi connectivity index (χ3v) is 4.88. The van der Waals surface area contributed by atoms with Crippen LogP contribution in [0.4, 0.5) is 4.39 Å². The highest BCUT2D eigenvalue weighted by Gasteiger charge is 2.23. The molecule has 0 amide bonds. The topological polar surface area (TPSA) is 70.3 Å². The van der Waals surface area contributed by atoms with Crippen molar-refractivity contribution < 1.29 is 13.9 Å². The second-order valence-electron chi connectivity index (χ2n) is 4.98. The third-order valence-electron chi connectivity index (χ3n) is 3.59. The summed E-state index contributed by atoms with van der Waals surface area (Å²) < 4.78 is 20.0. The molecule has 0 saturated carbocycles. The Hall–Kier alpha value is -1.96. The molecule has 0 aromatic carbocycles. The van der Waals surface area contributed by atoms with Crippen LogP contribution in [-0.4, -0.2) is 28.4 Å². The Morgan fingerprint density at radius 2 is 1.96 bits per heavy atom. The van der Waals surface area contributed by atoms with Gasteiger partial charge in [-0.05, 0) is 32.8 Å². The number of halogens is 1. The molecule has 2 aromatic heterocycles. The Morgan fingerprint density at radius 1 is 1.26 bits per heavy atom. The van der Waals surface area contributed by atoms with Crippen LogP contribution in [0.5, 0.6) is 0 Å².